The molecule has 72 valence electrons. The van der Waals surface area contributed by atoms with Crippen molar-refractivity contribution in [3.8, 4) is 0 Å². The van der Waals surface area contributed by atoms with Gasteiger partial charge < -0.3 is 10.5 Å². The van der Waals surface area contributed by atoms with Gasteiger partial charge in [-0.1, -0.05) is 29.8 Å². The fourth-order valence-electron chi connectivity index (χ4n) is 1.35. The summed E-state index contributed by atoms with van der Waals surface area (Å²) in [6.07, 6.45) is 1.02. The Hall–Kier alpha value is -0.860. The minimum absolute atomic E-state index is 0.144. The van der Waals surface area contributed by atoms with E-state index in [4.69, 9.17) is 10.5 Å². The molecule has 0 aliphatic heterocycles. The minimum Gasteiger partial charge on any atom is -0.377 e. The number of nitrogens with two attached hydrogens (primary N) is 1. The molecule has 0 bridgehead atoms. The molecule has 13 heavy (non-hydrogen) atoms. The molecule has 0 spiro atoms. The lowest BCUT2D eigenvalue weighted by Gasteiger charge is -2.14. The zero-order valence-electron chi connectivity index (χ0n) is 8.29. The SMILES string of the molecule is COC(CCN)c1ccc(C)cc1. The second-order valence-corrected chi connectivity index (χ2v) is 3.21. The third-order valence-electron chi connectivity index (χ3n) is 2.16. The van der Waals surface area contributed by atoms with Gasteiger partial charge in [0.25, 0.3) is 0 Å². The van der Waals surface area contributed by atoms with Crippen LogP contribution in [-0.4, -0.2) is 13.7 Å². The van der Waals surface area contributed by atoms with Crippen molar-refractivity contribution in [1.82, 2.24) is 0 Å². The van der Waals surface area contributed by atoms with Crippen molar-refractivity contribution in [2.75, 3.05) is 13.7 Å². The molecule has 1 aromatic rings. The lowest BCUT2D eigenvalue weighted by atomic mass is 10.1. The summed E-state index contributed by atoms with van der Waals surface area (Å²) in [5.74, 6) is 0. The van der Waals surface area contributed by atoms with Crippen LogP contribution in [0, 0.1) is 6.92 Å². The molecule has 0 saturated carbocycles. The van der Waals surface area contributed by atoms with E-state index in [0.29, 0.717) is 6.54 Å². The van der Waals surface area contributed by atoms with Gasteiger partial charge in [0.1, 0.15) is 0 Å². The van der Waals surface area contributed by atoms with Crippen molar-refractivity contribution in [1.29, 1.82) is 0 Å². The van der Waals surface area contributed by atoms with Crippen molar-refractivity contribution in [3.63, 3.8) is 0 Å². The summed E-state index contributed by atoms with van der Waals surface area (Å²) in [6.45, 7) is 2.74. The molecule has 2 heteroatoms. The Kier molecular flexibility index (Phi) is 3.93. The summed E-state index contributed by atoms with van der Waals surface area (Å²) in [5, 5.41) is 0. The van der Waals surface area contributed by atoms with Crippen molar-refractivity contribution >= 4 is 0 Å². The maximum absolute atomic E-state index is 5.49. The smallest absolute Gasteiger partial charge is 0.0833 e. The third-order valence-corrected chi connectivity index (χ3v) is 2.16. The Morgan fingerprint density at radius 3 is 2.38 bits per heavy atom. The standard InChI is InChI=1S/C11H17NO/c1-9-3-5-10(6-4-9)11(13-2)7-8-12/h3-6,11H,7-8,12H2,1-2H3. The Labute approximate surface area is 79.7 Å². The van der Waals surface area contributed by atoms with E-state index in [-0.39, 0.29) is 6.10 Å². The Morgan fingerprint density at radius 2 is 1.92 bits per heavy atom. The molecule has 0 heterocycles. The Balaban J connectivity index is 2.73. The van der Waals surface area contributed by atoms with Crippen LogP contribution in [0.4, 0.5) is 0 Å². The van der Waals surface area contributed by atoms with Gasteiger partial charge in [-0.05, 0) is 25.5 Å². The predicted molar refractivity (Wildman–Crippen MR) is 54.6 cm³/mol. The first kappa shape index (κ1) is 10.2. The summed E-state index contributed by atoms with van der Waals surface area (Å²) < 4.78 is 5.34. The maximum atomic E-state index is 5.49. The second-order valence-electron chi connectivity index (χ2n) is 3.21. The van der Waals surface area contributed by atoms with Crippen molar-refractivity contribution in [2.24, 2.45) is 5.73 Å². The van der Waals surface area contributed by atoms with E-state index in [0.717, 1.165) is 6.42 Å². The van der Waals surface area contributed by atoms with E-state index in [1.54, 1.807) is 7.11 Å². The van der Waals surface area contributed by atoms with Gasteiger partial charge in [-0.2, -0.15) is 0 Å². The molecule has 0 radical (unpaired) electrons. The van der Waals surface area contributed by atoms with Crippen LogP contribution in [0.15, 0.2) is 24.3 Å². The van der Waals surface area contributed by atoms with Gasteiger partial charge in [0.15, 0.2) is 0 Å². The third kappa shape index (κ3) is 2.83. The predicted octanol–water partition coefficient (Wildman–Crippen LogP) is 2.03. The molecule has 1 rings (SSSR count). The molecule has 0 amide bonds. The first-order chi connectivity index (χ1) is 6.27. The minimum atomic E-state index is 0.144. The molecular weight excluding hydrogens is 162 g/mol. The molecule has 0 saturated heterocycles. The largest absolute Gasteiger partial charge is 0.377 e. The summed E-state index contributed by atoms with van der Waals surface area (Å²) in [5.41, 5.74) is 7.97. The lowest BCUT2D eigenvalue weighted by molar-refractivity contribution is 0.0978. The highest BCUT2D eigenvalue weighted by Crippen LogP contribution is 2.19. The molecule has 1 aromatic carbocycles. The van der Waals surface area contributed by atoms with E-state index >= 15 is 0 Å². The van der Waals surface area contributed by atoms with Gasteiger partial charge in [0.2, 0.25) is 0 Å². The number of ether oxygens (including phenoxy) is 1. The number of aryl methyl sites for hydroxylation is 1. The number of hydrogen-bond donors (Lipinski definition) is 1. The molecule has 0 aliphatic rings. The molecule has 2 N–H and O–H groups in total. The fraction of sp³-hybridized carbons (Fsp3) is 0.455. The first-order valence-corrected chi connectivity index (χ1v) is 4.57. The lowest BCUT2D eigenvalue weighted by Crippen LogP contribution is -2.08. The highest BCUT2D eigenvalue weighted by Gasteiger charge is 2.07. The molecule has 0 fully saturated rings. The molecule has 0 aromatic heterocycles. The molecule has 1 unspecified atom stereocenters. The van der Waals surface area contributed by atoms with E-state index in [9.17, 15) is 0 Å². The normalized spacial score (nSPS) is 12.8. The zero-order valence-corrected chi connectivity index (χ0v) is 8.29. The van der Waals surface area contributed by atoms with Crippen LogP contribution >= 0.6 is 0 Å². The molecule has 2 nitrogen and oxygen atoms in total. The van der Waals surface area contributed by atoms with Crippen molar-refractivity contribution in [2.45, 2.75) is 19.4 Å². The summed E-state index contributed by atoms with van der Waals surface area (Å²) in [6, 6.07) is 8.38. The van der Waals surface area contributed by atoms with Crippen LogP contribution in [0.5, 0.6) is 0 Å². The Bertz CT molecular complexity index is 243. The van der Waals surface area contributed by atoms with Crippen LogP contribution < -0.4 is 5.73 Å². The quantitative estimate of drug-likeness (QED) is 0.767. The monoisotopic (exact) mass is 179 g/mol. The summed E-state index contributed by atoms with van der Waals surface area (Å²) in [7, 11) is 1.72. The topological polar surface area (TPSA) is 35.2 Å². The highest BCUT2D eigenvalue weighted by atomic mass is 16.5. The van der Waals surface area contributed by atoms with E-state index in [1.165, 1.54) is 11.1 Å². The van der Waals surface area contributed by atoms with E-state index in [2.05, 4.69) is 31.2 Å². The number of benzene rings is 1. The van der Waals surface area contributed by atoms with Gasteiger partial charge in [0.05, 0.1) is 6.10 Å². The van der Waals surface area contributed by atoms with E-state index < -0.39 is 0 Å². The Morgan fingerprint density at radius 1 is 1.31 bits per heavy atom. The van der Waals surface area contributed by atoms with Crippen LogP contribution in [0.25, 0.3) is 0 Å². The molecule has 1 atom stereocenters. The average Bonchev–Trinajstić information content (AvgIpc) is 2.16. The molecule has 0 aliphatic carbocycles. The van der Waals surface area contributed by atoms with E-state index in [1.807, 2.05) is 0 Å². The fourth-order valence-corrected chi connectivity index (χ4v) is 1.35. The van der Waals surface area contributed by atoms with Crippen molar-refractivity contribution < 1.29 is 4.74 Å². The van der Waals surface area contributed by atoms with Gasteiger partial charge in [-0.3, -0.25) is 0 Å². The van der Waals surface area contributed by atoms with Crippen LogP contribution in [-0.2, 0) is 4.74 Å². The first-order valence-electron chi connectivity index (χ1n) is 4.57. The van der Waals surface area contributed by atoms with Gasteiger partial charge >= 0.3 is 0 Å². The van der Waals surface area contributed by atoms with Gasteiger partial charge in [-0.25, -0.2) is 0 Å². The van der Waals surface area contributed by atoms with Crippen LogP contribution in [0.3, 0.4) is 0 Å². The summed E-state index contributed by atoms with van der Waals surface area (Å²) in [4.78, 5) is 0. The van der Waals surface area contributed by atoms with Crippen molar-refractivity contribution in [3.05, 3.63) is 35.4 Å². The van der Waals surface area contributed by atoms with Crippen LogP contribution in [0.1, 0.15) is 23.7 Å². The second kappa shape index (κ2) is 5.00. The van der Waals surface area contributed by atoms with Gasteiger partial charge in [-0.15, -0.1) is 0 Å². The maximum Gasteiger partial charge on any atom is 0.0833 e. The highest BCUT2D eigenvalue weighted by molar-refractivity contribution is 5.23. The number of hydrogen-bond acceptors (Lipinski definition) is 2. The van der Waals surface area contributed by atoms with Crippen LogP contribution in [0.2, 0.25) is 0 Å². The number of methoxy groups -OCH3 is 1. The summed E-state index contributed by atoms with van der Waals surface area (Å²) >= 11 is 0. The average molecular weight is 179 g/mol. The van der Waals surface area contributed by atoms with Gasteiger partial charge in [0, 0.05) is 7.11 Å². The number of rotatable bonds is 4. The molecular formula is C11H17NO. The zero-order chi connectivity index (χ0) is 9.68.